The normalized spacial score (nSPS) is 31.9. The largest absolute Gasteiger partial charge is 0.396 e. The van der Waals surface area contributed by atoms with Crippen LogP contribution in [-0.4, -0.2) is 35.6 Å². The second kappa shape index (κ2) is 4.97. The summed E-state index contributed by atoms with van der Waals surface area (Å²) in [6.45, 7) is 2.24. The maximum Gasteiger partial charge on any atom is 0.225 e. The van der Waals surface area contributed by atoms with Crippen molar-refractivity contribution in [3.05, 3.63) is 0 Å². The van der Waals surface area contributed by atoms with Crippen molar-refractivity contribution in [1.29, 1.82) is 0 Å². The molecule has 1 amide bonds. The molecule has 2 rings (SSSR count). The highest BCUT2D eigenvalue weighted by Gasteiger charge is 2.30. The Morgan fingerprint density at radius 3 is 2.27 bits per heavy atom. The first-order chi connectivity index (χ1) is 7.31. The van der Waals surface area contributed by atoms with Crippen LogP contribution in [0, 0.1) is 11.8 Å². The van der Waals surface area contributed by atoms with Crippen molar-refractivity contribution >= 4 is 5.91 Å². The Morgan fingerprint density at radius 2 is 1.73 bits per heavy atom. The summed E-state index contributed by atoms with van der Waals surface area (Å²) in [5.74, 6) is 1.09. The lowest BCUT2D eigenvalue weighted by atomic mass is 9.82. The van der Waals surface area contributed by atoms with Crippen molar-refractivity contribution in [2.75, 3.05) is 19.7 Å². The second-order valence-corrected chi connectivity index (χ2v) is 4.93. The molecule has 0 unspecified atom stereocenters. The fourth-order valence-corrected chi connectivity index (χ4v) is 2.79. The molecule has 2 aliphatic rings. The molecule has 1 saturated heterocycles. The third-order valence-corrected chi connectivity index (χ3v) is 3.87. The number of aliphatic hydroxyl groups is 1. The van der Waals surface area contributed by atoms with Crippen LogP contribution >= 0.6 is 0 Å². The standard InChI is InChI=1S/C12H21NO2/c14-9-10-3-5-11(6-4-10)12(15)13-7-1-2-8-13/h10-11,14H,1-9H2. The van der Waals surface area contributed by atoms with Gasteiger partial charge in [-0.3, -0.25) is 4.79 Å². The SMILES string of the molecule is O=C(C1CCC(CO)CC1)N1CCCC1. The molecule has 3 heteroatoms. The molecule has 2 fully saturated rings. The van der Waals surface area contributed by atoms with E-state index in [0.29, 0.717) is 18.4 Å². The number of nitrogens with zero attached hydrogens (tertiary/aromatic N) is 1. The van der Waals surface area contributed by atoms with E-state index in [4.69, 9.17) is 5.11 Å². The van der Waals surface area contributed by atoms with Gasteiger partial charge in [0.05, 0.1) is 0 Å². The molecular weight excluding hydrogens is 190 g/mol. The van der Waals surface area contributed by atoms with E-state index in [1.165, 1.54) is 12.8 Å². The molecule has 1 aliphatic heterocycles. The minimum absolute atomic E-state index is 0.255. The van der Waals surface area contributed by atoms with Crippen LogP contribution in [0.1, 0.15) is 38.5 Å². The van der Waals surface area contributed by atoms with Crippen LogP contribution in [0.15, 0.2) is 0 Å². The van der Waals surface area contributed by atoms with Crippen molar-refractivity contribution in [3.63, 3.8) is 0 Å². The van der Waals surface area contributed by atoms with E-state index < -0.39 is 0 Å². The molecule has 0 atom stereocenters. The van der Waals surface area contributed by atoms with Gasteiger partial charge in [0.25, 0.3) is 0 Å². The Kier molecular flexibility index (Phi) is 3.62. The van der Waals surface area contributed by atoms with Gasteiger partial charge in [-0.1, -0.05) is 0 Å². The van der Waals surface area contributed by atoms with E-state index in [9.17, 15) is 4.79 Å². The molecule has 1 saturated carbocycles. The van der Waals surface area contributed by atoms with Gasteiger partial charge >= 0.3 is 0 Å². The minimum Gasteiger partial charge on any atom is -0.396 e. The monoisotopic (exact) mass is 211 g/mol. The number of carbonyl (C=O) groups excluding carboxylic acids is 1. The maximum absolute atomic E-state index is 12.1. The molecule has 0 bridgehead atoms. The zero-order valence-electron chi connectivity index (χ0n) is 9.32. The fraction of sp³-hybridized carbons (Fsp3) is 0.917. The summed E-state index contributed by atoms with van der Waals surface area (Å²) in [4.78, 5) is 14.1. The van der Waals surface area contributed by atoms with Gasteiger partial charge in [-0.25, -0.2) is 0 Å². The van der Waals surface area contributed by atoms with Gasteiger partial charge < -0.3 is 10.0 Å². The van der Waals surface area contributed by atoms with Gasteiger partial charge in [0.2, 0.25) is 5.91 Å². The van der Waals surface area contributed by atoms with Gasteiger partial charge in [-0.15, -0.1) is 0 Å². The number of amides is 1. The Morgan fingerprint density at radius 1 is 1.13 bits per heavy atom. The quantitative estimate of drug-likeness (QED) is 0.750. The van der Waals surface area contributed by atoms with Crippen LogP contribution in [0.5, 0.6) is 0 Å². The first kappa shape index (κ1) is 10.9. The van der Waals surface area contributed by atoms with E-state index in [2.05, 4.69) is 0 Å². The molecule has 86 valence electrons. The lowest BCUT2D eigenvalue weighted by molar-refractivity contribution is -0.135. The molecular formula is C12H21NO2. The first-order valence-electron chi connectivity index (χ1n) is 6.21. The van der Waals surface area contributed by atoms with Crippen LogP contribution in [0.3, 0.4) is 0 Å². The average molecular weight is 211 g/mol. The fourth-order valence-electron chi connectivity index (χ4n) is 2.79. The van der Waals surface area contributed by atoms with Crippen LogP contribution in [0.2, 0.25) is 0 Å². The lowest BCUT2D eigenvalue weighted by Gasteiger charge is -2.29. The zero-order valence-corrected chi connectivity index (χ0v) is 9.32. The Balaban J connectivity index is 1.81. The van der Waals surface area contributed by atoms with E-state index in [-0.39, 0.29) is 5.92 Å². The molecule has 0 aromatic rings. The van der Waals surface area contributed by atoms with Crippen LogP contribution in [0.4, 0.5) is 0 Å². The van der Waals surface area contributed by atoms with Crippen molar-refractivity contribution < 1.29 is 9.90 Å². The molecule has 1 aliphatic carbocycles. The van der Waals surface area contributed by atoms with Crippen molar-refractivity contribution in [3.8, 4) is 0 Å². The molecule has 0 aromatic carbocycles. The number of likely N-dealkylation sites (tertiary alicyclic amines) is 1. The maximum atomic E-state index is 12.1. The second-order valence-electron chi connectivity index (χ2n) is 4.93. The molecule has 1 N–H and O–H groups in total. The Labute approximate surface area is 91.5 Å². The Bertz CT molecular complexity index is 216. The van der Waals surface area contributed by atoms with Crippen LogP contribution < -0.4 is 0 Å². The molecule has 0 aromatic heterocycles. The molecule has 1 heterocycles. The van der Waals surface area contributed by atoms with Crippen molar-refractivity contribution in [2.45, 2.75) is 38.5 Å². The summed E-state index contributed by atoms with van der Waals surface area (Å²) < 4.78 is 0. The first-order valence-corrected chi connectivity index (χ1v) is 6.21. The van der Waals surface area contributed by atoms with Gasteiger partial charge in [0, 0.05) is 25.6 Å². The van der Waals surface area contributed by atoms with Crippen molar-refractivity contribution in [1.82, 2.24) is 4.90 Å². The topological polar surface area (TPSA) is 40.5 Å². The predicted octanol–water partition coefficient (Wildman–Crippen LogP) is 1.41. The third kappa shape index (κ3) is 2.51. The summed E-state index contributed by atoms with van der Waals surface area (Å²) in [6, 6.07) is 0. The minimum atomic E-state index is 0.255. The summed E-state index contributed by atoms with van der Waals surface area (Å²) in [5, 5.41) is 9.03. The number of rotatable bonds is 2. The molecule has 3 nitrogen and oxygen atoms in total. The number of hydrogen-bond donors (Lipinski definition) is 1. The summed E-state index contributed by atoms with van der Waals surface area (Å²) >= 11 is 0. The molecule has 0 spiro atoms. The average Bonchev–Trinajstić information content (AvgIpc) is 2.82. The smallest absolute Gasteiger partial charge is 0.225 e. The molecule has 0 radical (unpaired) electrons. The number of hydrogen-bond acceptors (Lipinski definition) is 2. The highest BCUT2D eigenvalue weighted by Crippen LogP contribution is 2.30. The zero-order chi connectivity index (χ0) is 10.7. The summed E-state index contributed by atoms with van der Waals surface area (Å²) in [6.07, 6.45) is 6.39. The molecule has 15 heavy (non-hydrogen) atoms. The highest BCUT2D eigenvalue weighted by molar-refractivity contribution is 5.79. The lowest BCUT2D eigenvalue weighted by Crippen LogP contribution is -2.36. The van der Waals surface area contributed by atoms with Crippen LogP contribution in [0.25, 0.3) is 0 Å². The van der Waals surface area contributed by atoms with E-state index in [1.807, 2.05) is 4.90 Å². The number of aliphatic hydroxyl groups excluding tert-OH is 1. The van der Waals surface area contributed by atoms with E-state index in [1.54, 1.807) is 0 Å². The predicted molar refractivity (Wildman–Crippen MR) is 58.3 cm³/mol. The third-order valence-electron chi connectivity index (χ3n) is 3.87. The Hall–Kier alpha value is -0.570. The number of carbonyl (C=O) groups is 1. The van der Waals surface area contributed by atoms with Gasteiger partial charge in [-0.05, 0) is 44.4 Å². The van der Waals surface area contributed by atoms with Crippen molar-refractivity contribution in [2.24, 2.45) is 11.8 Å². The summed E-state index contributed by atoms with van der Waals surface area (Å²) in [5.41, 5.74) is 0. The summed E-state index contributed by atoms with van der Waals surface area (Å²) in [7, 11) is 0. The highest BCUT2D eigenvalue weighted by atomic mass is 16.3. The van der Waals surface area contributed by atoms with Gasteiger partial charge in [0.15, 0.2) is 0 Å². The van der Waals surface area contributed by atoms with E-state index >= 15 is 0 Å². The van der Waals surface area contributed by atoms with E-state index in [0.717, 1.165) is 38.8 Å². The van der Waals surface area contributed by atoms with Crippen LogP contribution in [-0.2, 0) is 4.79 Å². The van der Waals surface area contributed by atoms with Gasteiger partial charge in [-0.2, -0.15) is 0 Å². The van der Waals surface area contributed by atoms with Gasteiger partial charge in [0.1, 0.15) is 0 Å².